The van der Waals surface area contributed by atoms with Crippen LogP contribution in [0.4, 0.5) is 5.13 Å². The van der Waals surface area contributed by atoms with Gasteiger partial charge in [0, 0.05) is 7.05 Å². The molecule has 124 valence electrons. The van der Waals surface area contributed by atoms with Gasteiger partial charge in [-0.2, -0.15) is 0 Å². The maximum absolute atomic E-state index is 12.2. The van der Waals surface area contributed by atoms with E-state index in [0.717, 1.165) is 22.3 Å². The van der Waals surface area contributed by atoms with Gasteiger partial charge < -0.3 is 20.1 Å². The number of aromatic nitrogens is 1. The minimum Gasteiger partial charge on any atom is -0.497 e. The Morgan fingerprint density at radius 3 is 2.52 bits per heavy atom. The van der Waals surface area contributed by atoms with Crippen LogP contribution < -0.4 is 20.1 Å². The molecule has 0 fully saturated rings. The molecule has 1 aromatic heterocycles. The van der Waals surface area contributed by atoms with Crippen molar-refractivity contribution in [3.8, 4) is 11.5 Å². The highest BCUT2D eigenvalue weighted by Gasteiger charge is 2.15. The van der Waals surface area contributed by atoms with E-state index in [1.807, 2.05) is 38.1 Å². The molecule has 2 rings (SSSR count). The zero-order valence-corrected chi connectivity index (χ0v) is 14.5. The van der Waals surface area contributed by atoms with E-state index < -0.39 is 0 Å². The van der Waals surface area contributed by atoms with Gasteiger partial charge in [-0.05, 0) is 38.1 Å². The fraction of sp³-hybridized carbons (Fsp3) is 0.375. The molecule has 7 heteroatoms. The molecule has 0 aliphatic rings. The van der Waals surface area contributed by atoms with Crippen LogP contribution in [0.2, 0.25) is 0 Å². The maximum Gasteiger partial charge on any atom is 0.263 e. The van der Waals surface area contributed by atoms with E-state index in [4.69, 9.17) is 9.47 Å². The Morgan fingerprint density at radius 2 is 1.96 bits per heavy atom. The van der Waals surface area contributed by atoms with Crippen LogP contribution in [0.5, 0.6) is 11.5 Å². The highest BCUT2D eigenvalue weighted by atomic mass is 32.1. The van der Waals surface area contributed by atoms with Crippen molar-refractivity contribution in [2.45, 2.75) is 20.0 Å². The van der Waals surface area contributed by atoms with Gasteiger partial charge in [0.1, 0.15) is 22.5 Å². The van der Waals surface area contributed by atoms with Gasteiger partial charge >= 0.3 is 0 Å². The second-order valence-corrected chi connectivity index (χ2v) is 6.00. The van der Waals surface area contributed by atoms with Gasteiger partial charge in [0.25, 0.3) is 5.91 Å². The minimum absolute atomic E-state index is 0.133. The summed E-state index contributed by atoms with van der Waals surface area (Å²) in [5.41, 5.74) is 0.723. The monoisotopic (exact) mass is 335 g/mol. The van der Waals surface area contributed by atoms with E-state index in [1.165, 1.54) is 11.3 Å². The first-order valence-corrected chi connectivity index (χ1v) is 8.09. The van der Waals surface area contributed by atoms with Crippen molar-refractivity contribution in [1.29, 1.82) is 0 Å². The number of aryl methyl sites for hydroxylation is 1. The number of nitrogens with one attached hydrogen (secondary N) is 2. The molecule has 2 N–H and O–H groups in total. The normalized spacial score (nSPS) is 11.7. The van der Waals surface area contributed by atoms with E-state index in [0.29, 0.717) is 11.4 Å². The van der Waals surface area contributed by atoms with E-state index in [1.54, 1.807) is 14.2 Å². The van der Waals surface area contributed by atoms with Crippen LogP contribution in [0.15, 0.2) is 24.3 Å². The summed E-state index contributed by atoms with van der Waals surface area (Å²) in [6.07, 6.45) is -0.149. The Bertz CT molecular complexity index is 655. The molecular weight excluding hydrogens is 314 g/mol. The van der Waals surface area contributed by atoms with Crippen LogP contribution in [0, 0.1) is 6.92 Å². The predicted molar refractivity (Wildman–Crippen MR) is 91.8 cm³/mol. The average molecular weight is 335 g/mol. The van der Waals surface area contributed by atoms with Crippen molar-refractivity contribution in [1.82, 2.24) is 10.3 Å². The number of rotatable bonds is 7. The maximum atomic E-state index is 12.2. The quantitative estimate of drug-likeness (QED) is 0.814. The van der Waals surface area contributed by atoms with Crippen molar-refractivity contribution in [2.75, 3.05) is 26.0 Å². The molecule has 1 aromatic carbocycles. The average Bonchev–Trinajstić information content (AvgIpc) is 2.94. The number of anilines is 1. The van der Waals surface area contributed by atoms with Crippen LogP contribution in [-0.4, -0.2) is 37.7 Å². The number of nitrogens with zero attached hydrogens (tertiary/aromatic N) is 1. The third-order valence-electron chi connectivity index (χ3n) is 3.16. The van der Waals surface area contributed by atoms with Crippen molar-refractivity contribution in [2.24, 2.45) is 0 Å². The van der Waals surface area contributed by atoms with Crippen molar-refractivity contribution in [3.63, 3.8) is 0 Å². The number of thiazole rings is 1. The molecule has 0 saturated carbocycles. The van der Waals surface area contributed by atoms with Gasteiger partial charge in [-0.15, -0.1) is 0 Å². The van der Waals surface area contributed by atoms with Gasteiger partial charge in [0.05, 0.1) is 19.3 Å². The Kier molecular flexibility index (Phi) is 5.81. The van der Waals surface area contributed by atoms with Crippen LogP contribution in [0.1, 0.15) is 22.3 Å². The third-order valence-corrected chi connectivity index (χ3v) is 4.34. The third kappa shape index (κ3) is 4.59. The molecule has 0 bridgehead atoms. The van der Waals surface area contributed by atoms with Crippen molar-refractivity contribution >= 4 is 22.4 Å². The summed E-state index contributed by atoms with van der Waals surface area (Å²) >= 11 is 1.34. The summed E-state index contributed by atoms with van der Waals surface area (Å²) in [6.45, 7) is 4.14. The second-order valence-electron chi connectivity index (χ2n) is 5.00. The number of ether oxygens (including phenoxy) is 2. The Morgan fingerprint density at radius 1 is 1.30 bits per heavy atom. The fourth-order valence-corrected chi connectivity index (χ4v) is 2.80. The molecule has 0 spiro atoms. The summed E-state index contributed by atoms with van der Waals surface area (Å²) < 4.78 is 10.9. The van der Waals surface area contributed by atoms with Gasteiger partial charge in [0.2, 0.25) is 0 Å². The van der Waals surface area contributed by atoms with Gasteiger partial charge in [-0.3, -0.25) is 4.79 Å². The smallest absolute Gasteiger partial charge is 0.263 e. The van der Waals surface area contributed by atoms with E-state index in [2.05, 4.69) is 15.6 Å². The minimum atomic E-state index is -0.149. The molecule has 23 heavy (non-hydrogen) atoms. The molecule has 1 amide bonds. The Labute approximate surface area is 139 Å². The first kappa shape index (κ1) is 17.1. The van der Waals surface area contributed by atoms with E-state index >= 15 is 0 Å². The summed E-state index contributed by atoms with van der Waals surface area (Å²) in [4.78, 5) is 17.1. The largest absolute Gasteiger partial charge is 0.497 e. The lowest BCUT2D eigenvalue weighted by atomic mass is 10.3. The first-order chi connectivity index (χ1) is 11.0. The van der Waals surface area contributed by atoms with Crippen molar-refractivity contribution in [3.05, 3.63) is 34.8 Å². The number of carbonyl (C=O) groups is 1. The number of benzene rings is 1. The Balaban J connectivity index is 1.86. The van der Waals surface area contributed by atoms with Crippen LogP contribution in [0.3, 0.4) is 0 Å². The highest BCUT2D eigenvalue weighted by Crippen LogP contribution is 2.22. The molecule has 0 aliphatic heterocycles. The SMILES string of the molecule is CNc1nc(C)c(C(=O)NC[C@H](C)Oc2ccc(OC)cc2)s1. The molecule has 2 aromatic rings. The first-order valence-electron chi connectivity index (χ1n) is 7.27. The number of hydrogen-bond donors (Lipinski definition) is 2. The molecule has 1 heterocycles. The number of methoxy groups -OCH3 is 1. The van der Waals surface area contributed by atoms with Gasteiger partial charge in [-0.25, -0.2) is 4.98 Å². The zero-order valence-electron chi connectivity index (χ0n) is 13.7. The van der Waals surface area contributed by atoms with Crippen LogP contribution >= 0.6 is 11.3 Å². The summed E-state index contributed by atoms with van der Waals surface area (Å²) in [5, 5.41) is 6.55. The molecule has 1 atom stereocenters. The number of amides is 1. The van der Waals surface area contributed by atoms with Crippen molar-refractivity contribution < 1.29 is 14.3 Å². The van der Waals surface area contributed by atoms with Crippen LogP contribution in [-0.2, 0) is 0 Å². The van der Waals surface area contributed by atoms with Gasteiger partial charge in [-0.1, -0.05) is 11.3 Å². The van der Waals surface area contributed by atoms with E-state index in [9.17, 15) is 4.79 Å². The lowest BCUT2D eigenvalue weighted by Crippen LogP contribution is -2.33. The lowest BCUT2D eigenvalue weighted by Gasteiger charge is -2.15. The molecule has 6 nitrogen and oxygen atoms in total. The molecule has 0 saturated heterocycles. The Hall–Kier alpha value is -2.28. The summed E-state index contributed by atoms with van der Waals surface area (Å²) in [7, 11) is 3.40. The summed E-state index contributed by atoms with van der Waals surface area (Å²) in [6, 6.07) is 7.34. The van der Waals surface area contributed by atoms with Crippen LogP contribution in [0.25, 0.3) is 0 Å². The number of carbonyl (C=O) groups excluding carboxylic acids is 1. The second kappa shape index (κ2) is 7.82. The number of hydrogen-bond acceptors (Lipinski definition) is 6. The molecule has 0 radical (unpaired) electrons. The highest BCUT2D eigenvalue weighted by molar-refractivity contribution is 7.17. The van der Waals surface area contributed by atoms with E-state index in [-0.39, 0.29) is 12.0 Å². The van der Waals surface area contributed by atoms with Gasteiger partial charge in [0.15, 0.2) is 5.13 Å². The standard InChI is InChI=1S/C16H21N3O3S/c1-10(22-13-7-5-12(21-4)6-8-13)9-18-15(20)14-11(2)19-16(17-3)23-14/h5-8,10H,9H2,1-4H3,(H,17,19)(H,18,20)/t10-/m0/s1. The molecular formula is C16H21N3O3S. The molecule has 0 unspecified atom stereocenters. The summed E-state index contributed by atoms with van der Waals surface area (Å²) in [5.74, 6) is 1.38. The predicted octanol–water partition coefficient (Wildman–Crippen LogP) is 2.70. The fourth-order valence-electron chi connectivity index (χ4n) is 1.96. The lowest BCUT2D eigenvalue weighted by molar-refractivity contribution is 0.0935. The topological polar surface area (TPSA) is 72.5 Å². The molecule has 0 aliphatic carbocycles. The zero-order chi connectivity index (χ0) is 16.8.